The molecule has 1 aromatic carbocycles. The Bertz CT molecular complexity index is 906. The van der Waals surface area contributed by atoms with Crippen LogP contribution < -0.4 is 16.1 Å². The second-order valence-corrected chi connectivity index (χ2v) is 5.70. The van der Waals surface area contributed by atoms with Gasteiger partial charge in [-0.05, 0) is 35.7 Å². The van der Waals surface area contributed by atoms with Crippen molar-refractivity contribution in [3.8, 4) is 5.69 Å². The zero-order valence-corrected chi connectivity index (χ0v) is 12.0. The van der Waals surface area contributed by atoms with Crippen molar-refractivity contribution in [1.82, 2.24) is 9.78 Å². The van der Waals surface area contributed by atoms with Gasteiger partial charge in [0.2, 0.25) is 0 Å². The highest BCUT2D eigenvalue weighted by molar-refractivity contribution is 7.10. The van der Waals surface area contributed by atoms with Crippen LogP contribution >= 0.6 is 22.9 Å². The molecule has 0 fully saturated rings. The van der Waals surface area contributed by atoms with E-state index in [1.54, 1.807) is 29.5 Å². The summed E-state index contributed by atoms with van der Waals surface area (Å²) >= 11 is 7.53. The van der Waals surface area contributed by atoms with Crippen LogP contribution in [0.3, 0.4) is 0 Å². The highest BCUT2D eigenvalue weighted by atomic mass is 35.5. The molecule has 0 atom stereocenters. The first-order valence-electron chi connectivity index (χ1n) is 5.96. The fourth-order valence-corrected chi connectivity index (χ4v) is 2.80. The molecule has 0 aliphatic carbocycles. The van der Waals surface area contributed by atoms with Gasteiger partial charge in [-0.15, -0.1) is 11.3 Å². The van der Waals surface area contributed by atoms with Gasteiger partial charge in [0.1, 0.15) is 0 Å². The number of hydrogen-bond donors (Lipinski definition) is 1. The Hall–Kier alpha value is -2.04. The van der Waals surface area contributed by atoms with Crippen LogP contribution in [-0.2, 0) is 0 Å². The van der Waals surface area contributed by atoms with Gasteiger partial charge < -0.3 is 0 Å². The van der Waals surface area contributed by atoms with Crippen molar-refractivity contribution >= 4 is 35.6 Å². The van der Waals surface area contributed by atoms with Gasteiger partial charge in [-0.1, -0.05) is 30.3 Å². The second-order valence-electron chi connectivity index (χ2n) is 4.28. The Kier molecular flexibility index (Phi) is 3.34. The van der Waals surface area contributed by atoms with Gasteiger partial charge in [0.25, 0.3) is 5.56 Å². The SMILES string of the molecule is C=c1[nH]n(-c2cccc(Cl)c2)c(=O)/c1=C\c1cccs1. The average Bonchev–Trinajstić information content (AvgIpc) is 3.02. The van der Waals surface area contributed by atoms with Gasteiger partial charge in [0.15, 0.2) is 0 Å². The molecule has 0 spiro atoms. The summed E-state index contributed by atoms with van der Waals surface area (Å²) in [4.78, 5) is 13.5. The highest BCUT2D eigenvalue weighted by Gasteiger charge is 2.05. The Labute approximate surface area is 124 Å². The second kappa shape index (κ2) is 5.15. The minimum absolute atomic E-state index is 0.134. The predicted molar refractivity (Wildman–Crippen MR) is 84.1 cm³/mol. The highest BCUT2D eigenvalue weighted by Crippen LogP contribution is 2.12. The van der Waals surface area contributed by atoms with Crippen molar-refractivity contribution in [2.45, 2.75) is 0 Å². The molecule has 5 heteroatoms. The third kappa shape index (κ3) is 2.35. The number of rotatable bonds is 2. The monoisotopic (exact) mass is 302 g/mol. The summed E-state index contributed by atoms with van der Waals surface area (Å²) in [5, 5.41) is 6.68. The van der Waals surface area contributed by atoms with Crippen LogP contribution in [0.5, 0.6) is 0 Å². The van der Waals surface area contributed by atoms with Crippen molar-refractivity contribution in [2.75, 3.05) is 0 Å². The lowest BCUT2D eigenvalue weighted by Crippen LogP contribution is -2.33. The van der Waals surface area contributed by atoms with Crippen LogP contribution in [-0.4, -0.2) is 9.78 Å². The summed E-state index contributed by atoms with van der Waals surface area (Å²) in [5.74, 6) is 0. The van der Waals surface area contributed by atoms with E-state index in [1.165, 1.54) is 4.68 Å². The van der Waals surface area contributed by atoms with Crippen LogP contribution in [0.4, 0.5) is 0 Å². The fraction of sp³-hybridized carbons (Fsp3) is 0. The molecule has 1 N–H and O–H groups in total. The molecule has 0 unspecified atom stereocenters. The first-order chi connectivity index (χ1) is 9.65. The predicted octanol–water partition coefficient (Wildman–Crippen LogP) is 2.12. The summed E-state index contributed by atoms with van der Waals surface area (Å²) in [5.41, 5.74) is 0.559. The summed E-state index contributed by atoms with van der Waals surface area (Å²) < 4.78 is 1.45. The first-order valence-corrected chi connectivity index (χ1v) is 7.22. The fourth-order valence-electron chi connectivity index (χ4n) is 1.96. The smallest absolute Gasteiger partial charge is 0.279 e. The molecule has 3 nitrogen and oxygen atoms in total. The van der Waals surface area contributed by atoms with E-state index in [-0.39, 0.29) is 5.56 Å². The molecule has 3 rings (SSSR count). The molecular weight excluding hydrogens is 292 g/mol. The van der Waals surface area contributed by atoms with Gasteiger partial charge in [-0.3, -0.25) is 9.89 Å². The van der Waals surface area contributed by atoms with Crippen molar-refractivity contribution in [1.29, 1.82) is 0 Å². The number of benzene rings is 1. The Morgan fingerprint density at radius 3 is 2.85 bits per heavy atom. The summed E-state index contributed by atoms with van der Waals surface area (Å²) in [7, 11) is 0. The standard InChI is InChI=1S/C15H11ClN2OS/c1-10-14(9-13-6-3-7-20-13)15(19)18(17-10)12-5-2-4-11(16)8-12/h2-9,17H,1H2/b14-9-. The quantitative estimate of drug-likeness (QED) is 0.773. The van der Waals surface area contributed by atoms with Gasteiger partial charge in [-0.25, -0.2) is 4.68 Å². The molecule has 0 bridgehead atoms. The van der Waals surface area contributed by atoms with Gasteiger partial charge >= 0.3 is 0 Å². The van der Waals surface area contributed by atoms with Crippen LogP contribution in [0.25, 0.3) is 18.3 Å². The molecule has 0 saturated heterocycles. The summed E-state index contributed by atoms with van der Waals surface area (Å²) in [6.45, 7) is 3.89. The number of hydrogen-bond acceptors (Lipinski definition) is 2. The molecule has 0 radical (unpaired) electrons. The molecule has 2 heterocycles. The Balaban J connectivity index is 2.22. The van der Waals surface area contributed by atoms with Crippen molar-refractivity contribution in [2.24, 2.45) is 0 Å². The molecule has 100 valence electrons. The molecule has 2 aromatic heterocycles. The van der Waals surface area contributed by atoms with E-state index in [1.807, 2.05) is 29.7 Å². The topological polar surface area (TPSA) is 37.8 Å². The van der Waals surface area contributed by atoms with Crippen molar-refractivity contribution in [3.63, 3.8) is 0 Å². The van der Waals surface area contributed by atoms with Crippen LogP contribution in [0.2, 0.25) is 5.02 Å². The van der Waals surface area contributed by atoms with Crippen LogP contribution in [0.15, 0.2) is 46.6 Å². The summed E-state index contributed by atoms with van der Waals surface area (Å²) in [6, 6.07) is 11.0. The maximum absolute atomic E-state index is 12.4. The van der Waals surface area contributed by atoms with E-state index in [2.05, 4.69) is 11.7 Å². The normalized spacial score (nSPS) is 11.9. The van der Waals surface area contributed by atoms with E-state index >= 15 is 0 Å². The zero-order chi connectivity index (χ0) is 14.1. The molecular formula is C15H11ClN2OS. The minimum atomic E-state index is -0.134. The molecule has 0 saturated carbocycles. The number of nitrogens with zero attached hydrogens (tertiary/aromatic N) is 1. The molecule has 0 aliphatic rings. The maximum atomic E-state index is 12.4. The molecule has 0 aliphatic heterocycles. The van der Waals surface area contributed by atoms with E-state index in [0.29, 0.717) is 21.3 Å². The van der Waals surface area contributed by atoms with Gasteiger partial charge in [0, 0.05) is 9.90 Å². The molecule has 0 amide bonds. The lowest BCUT2D eigenvalue weighted by Gasteiger charge is -2.00. The zero-order valence-electron chi connectivity index (χ0n) is 10.5. The maximum Gasteiger partial charge on any atom is 0.279 e. The van der Waals surface area contributed by atoms with Crippen molar-refractivity contribution < 1.29 is 0 Å². The Morgan fingerprint density at radius 1 is 1.30 bits per heavy atom. The van der Waals surface area contributed by atoms with E-state index < -0.39 is 0 Å². The van der Waals surface area contributed by atoms with E-state index in [0.717, 1.165) is 4.88 Å². The van der Waals surface area contributed by atoms with Crippen LogP contribution in [0, 0.1) is 0 Å². The summed E-state index contributed by atoms with van der Waals surface area (Å²) in [6.07, 6.45) is 1.84. The molecule has 20 heavy (non-hydrogen) atoms. The number of halogens is 1. The van der Waals surface area contributed by atoms with E-state index in [9.17, 15) is 4.79 Å². The largest absolute Gasteiger partial charge is 0.291 e. The molecule has 3 aromatic rings. The van der Waals surface area contributed by atoms with Crippen LogP contribution in [0.1, 0.15) is 4.88 Å². The minimum Gasteiger partial charge on any atom is -0.291 e. The number of nitrogens with one attached hydrogen (secondary N) is 1. The lowest BCUT2D eigenvalue weighted by molar-refractivity contribution is 0.838. The third-order valence-electron chi connectivity index (χ3n) is 2.90. The lowest BCUT2D eigenvalue weighted by atomic mass is 10.3. The first kappa shape index (κ1) is 13.0. The van der Waals surface area contributed by atoms with Gasteiger partial charge in [0.05, 0.1) is 16.3 Å². The number of thiophene rings is 1. The third-order valence-corrected chi connectivity index (χ3v) is 3.96. The number of aromatic nitrogens is 2. The van der Waals surface area contributed by atoms with Gasteiger partial charge in [-0.2, -0.15) is 0 Å². The number of aromatic amines is 1. The number of H-pyrrole nitrogens is 1. The van der Waals surface area contributed by atoms with E-state index in [4.69, 9.17) is 11.6 Å². The average molecular weight is 303 g/mol. The Morgan fingerprint density at radius 2 is 2.15 bits per heavy atom. The van der Waals surface area contributed by atoms with Crippen molar-refractivity contribution in [3.05, 3.63) is 72.6 Å².